The van der Waals surface area contributed by atoms with Crippen molar-refractivity contribution in [3.8, 4) is 0 Å². The molecule has 1 fully saturated rings. The number of carbonyl (C=O) groups excluding carboxylic acids is 1. The molecule has 68 valence electrons. The van der Waals surface area contributed by atoms with Gasteiger partial charge in [0.2, 0.25) is 0 Å². The van der Waals surface area contributed by atoms with Crippen LogP contribution in [0.5, 0.6) is 0 Å². The molecular formula is C11H18O. The predicted octanol–water partition coefficient (Wildman–Crippen LogP) is 2.96. The van der Waals surface area contributed by atoms with Crippen LogP contribution in [-0.2, 0) is 4.79 Å². The van der Waals surface area contributed by atoms with E-state index in [9.17, 15) is 4.79 Å². The molecule has 1 saturated carbocycles. The van der Waals surface area contributed by atoms with Gasteiger partial charge in [0.1, 0.15) is 6.29 Å². The van der Waals surface area contributed by atoms with E-state index in [-0.39, 0.29) is 10.8 Å². The van der Waals surface area contributed by atoms with Gasteiger partial charge < -0.3 is 4.79 Å². The monoisotopic (exact) mass is 166 g/mol. The zero-order valence-corrected chi connectivity index (χ0v) is 8.31. The van der Waals surface area contributed by atoms with Gasteiger partial charge in [-0.05, 0) is 31.6 Å². The van der Waals surface area contributed by atoms with Crippen molar-refractivity contribution in [1.82, 2.24) is 0 Å². The smallest absolute Gasteiger partial charge is 0.126 e. The van der Waals surface area contributed by atoms with Crippen molar-refractivity contribution in [3.63, 3.8) is 0 Å². The van der Waals surface area contributed by atoms with Gasteiger partial charge in [0.15, 0.2) is 0 Å². The van der Waals surface area contributed by atoms with Crippen LogP contribution in [0.4, 0.5) is 0 Å². The van der Waals surface area contributed by atoms with Crippen molar-refractivity contribution in [3.05, 3.63) is 12.2 Å². The highest BCUT2D eigenvalue weighted by molar-refractivity contribution is 5.66. The summed E-state index contributed by atoms with van der Waals surface area (Å²) in [4.78, 5) is 10.9. The van der Waals surface area contributed by atoms with Crippen LogP contribution < -0.4 is 0 Å². The van der Waals surface area contributed by atoms with Crippen LogP contribution in [0, 0.1) is 10.8 Å². The second kappa shape index (κ2) is 2.72. The minimum atomic E-state index is -0.0219. The van der Waals surface area contributed by atoms with Crippen LogP contribution in [0.25, 0.3) is 0 Å². The molecule has 1 nitrogen and oxygen atoms in total. The highest BCUT2D eigenvalue weighted by Crippen LogP contribution is 2.64. The van der Waals surface area contributed by atoms with Crippen LogP contribution >= 0.6 is 0 Å². The van der Waals surface area contributed by atoms with Gasteiger partial charge in [-0.2, -0.15) is 0 Å². The maximum absolute atomic E-state index is 10.9. The Balaban J connectivity index is 2.50. The second-order valence-corrected chi connectivity index (χ2v) is 4.79. The average molecular weight is 166 g/mol. The molecule has 0 spiro atoms. The lowest BCUT2D eigenvalue weighted by Gasteiger charge is -2.12. The minimum Gasteiger partial charge on any atom is -0.303 e. The van der Waals surface area contributed by atoms with Gasteiger partial charge in [0.05, 0.1) is 0 Å². The first-order valence-electron chi connectivity index (χ1n) is 4.54. The molecule has 1 rings (SSSR count). The van der Waals surface area contributed by atoms with Crippen molar-refractivity contribution < 1.29 is 4.79 Å². The van der Waals surface area contributed by atoms with Gasteiger partial charge in [0.25, 0.3) is 0 Å². The summed E-state index contributed by atoms with van der Waals surface area (Å²) in [6.45, 7) is 10.2. The molecule has 0 amide bonds. The van der Waals surface area contributed by atoms with Gasteiger partial charge in [-0.15, -0.1) is 6.58 Å². The first-order chi connectivity index (χ1) is 5.43. The van der Waals surface area contributed by atoms with E-state index in [4.69, 9.17) is 0 Å². The maximum atomic E-state index is 10.9. The summed E-state index contributed by atoms with van der Waals surface area (Å²) in [7, 11) is 0. The first kappa shape index (κ1) is 9.50. The molecule has 0 heterocycles. The third-order valence-electron chi connectivity index (χ3n) is 3.20. The Hall–Kier alpha value is -0.590. The minimum absolute atomic E-state index is 0.0219. The van der Waals surface area contributed by atoms with E-state index in [2.05, 4.69) is 20.4 Å². The maximum Gasteiger partial charge on any atom is 0.126 e. The topological polar surface area (TPSA) is 17.1 Å². The second-order valence-electron chi connectivity index (χ2n) is 4.79. The third kappa shape index (κ3) is 1.45. The molecule has 0 radical (unpaired) electrons. The van der Waals surface area contributed by atoms with Crippen molar-refractivity contribution in [1.29, 1.82) is 0 Å². The molecule has 1 heteroatoms. The van der Waals surface area contributed by atoms with E-state index in [1.807, 2.05) is 6.92 Å². The van der Waals surface area contributed by atoms with Crippen molar-refractivity contribution in [2.24, 2.45) is 10.8 Å². The lowest BCUT2D eigenvalue weighted by Crippen LogP contribution is -2.10. The molecule has 0 N–H and O–H groups in total. The van der Waals surface area contributed by atoms with E-state index in [1.165, 1.54) is 5.57 Å². The number of carbonyl (C=O) groups is 1. The molecule has 0 bridgehead atoms. The molecule has 1 aliphatic rings. The summed E-state index contributed by atoms with van der Waals surface area (Å²) in [5, 5.41) is 0. The molecule has 1 atom stereocenters. The molecule has 0 aromatic heterocycles. The Bertz CT molecular complexity index is 215. The largest absolute Gasteiger partial charge is 0.303 e. The molecule has 12 heavy (non-hydrogen) atoms. The highest BCUT2D eigenvalue weighted by Gasteiger charge is 2.60. The highest BCUT2D eigenvalue weighted by atomic mass is 16.1. The Morgan fingerprint density at radius 1 is 1.58 bits per heavy atom. The van der Waals surface area contributed by atoms with Crippen LogP contribution in [0.15, 0.2) is 12.2 Å². The van der Waals surface area contributed by atoms with Crippen molar-refractivity contribution in [2.45, 2.75) is 40.0 Å². The fourth-order valence-electron chi connectivity index (χ4n) is 1.87. The van der Waals surface area contributed by atoms with E-state index < -0.39 is 0 Å². The molecule has 0 saturated heterocycles. The van der Waals surface area contributed by atoms with Gasteiger partial charge in [-0.1, -0.05) is 19.4 Å². The van der Waals surface area contributed by atoms with Crippen molar-refractivity contribution >= 4 is 6.29 Å². The van der Waals surface area contributed by atoms with Crippen molar-refractivity contribution in [2.75, 3.05) is 0 Å². The third-order valence-corrected chi connectivity index (χ3v) is 3.20. The summed E-state index contributed by atoms with van der Waals surface area (Å²) < 4.78 is 0. The van der Waals surface area contributed by atoms with Gasteiger partial charge in [0, 0.05) is 5.41 Å². The fourth-order valence-corrected chi connectivity index (χ4v) is 1.87. The first-order valence-corrected chi connectivity index (χ1v) is 4.54. The zero-order chi connectivity index (χ0) is 9.41. The van der Waals surface area contributed by atoms with E-state index in [1.54, 1.807) is 0 Å². The quantitative estimate of drug-likeness (QED) is 0.463. The van der Waals surface area contributed by atoms with Crippen LogP contribution in [0.1, 0.15) is 40.0 Å². The Kier molecular flexibility index (Phi) is 2.15. The number of hydrogen-bond donors (Lipinski definition) is 0. The Morgan fingerprint density at radius 3 is 2.33 bits per heavy atom. The molecule has 0 aliphatic heterocycles. The fraction of sp³-hybridized carbons (Fsp3) is 0.727. The lowest BCUT2D eigenvalue weighted by atomic mass is 9.91. The van der Waals surface area contributed by atoms with Crippen LogP contribution in [-0.4, -0.2) is 6.29 Å². The number of allylic oxidation sites excluding steroid dienone is 1. The standard InChI is InChI=1S/C11H18O/c1-9(2)5-6-11(8-12)7-10(11,3)4/h8H,1,5-7H2,2-4H3. The summed E-state index contributed by atoms with van der Waals surface area (Å²) in [5.74, 6) is 0. The zero-order valence-electron chi connectivity index (χ0n) is 8.31. The predicted molar refractivity (Wildman–Crippen MR) is 50.9 cm³/mol. The molecule has 1 aliphatic carbocycles. The van der Waals surface area contributed by atoms with Gasteiger partial charge in [-0.25, -0.2) is 0 Å². The van der Waals surface area contributed by atoms with E-state index in [0.717, 1.165) is 25.5 Å². The molecule has 0 aromatic rings. The van der Waals surface area contributed by atoms with Crippen LogP contribution in [0.3, 0.4) is 0 Å². The Morgan fingerprint density at radius 2 is 2.08 bits per heavy atom. The Labute approximate surface area is 74.9 Å². The molecule has 0 aromatic carbocycles. The SMILES string of the molecule is C=C(C)CCC1(C=O)CC1(C)C. The van der Waals surface area contributed by atoms with Crippen LogP contribution in [0.2, 0.25) is 0 Å². The average Bonchev–Trinajstić information content (AvgIpc) is 2.51. The normalized spacial score (nSPS) is 31.2. The number of hydrogen-bond acceptors (Lipinski definition) is 1. The van der Waals surface area contributed by atoms with E-state index in [0.29, 0.717) is 0 Å². The number of aldehydes is 1. The summed E-state index contributed by atoms with van der Waals surface area (Å²) in [6, 6.07) is 0. The number of rotatable bonds is 4. The van der Waals surface area contributed by atoms with Gasteiger partial charge >= 0.3 is 0 Å². The molecule has 1 unspecified atom stereocenters. The lowest BCUT2D eigenvalue weighted by molar-refractivity contribution is -0.113. The summed E-state index contributed by atoms with van der Waals surface area (Å²) in [5.41, 5.74) is 1.40. The van der Waals surface area contributed by atoms with Gasteiger partial charge in [-0.3, -0.25) is 0 Å². The summed E-state index contributed by atoms with van der Waals surface area (Å²) >= 11 is 0. The molecular weight excluding hydrogens is 148 g/mol. The summed E-state index contributed by atoms with van der Waals surface area (Å²) in [6.07, 6.45) is 4.17. The van der Waals surface area contributed by atoms with E-state index >= 15 is 0 Å².